The number of aromatic nitrogens is 1. The maximum absolute atomic E-state index is 12.3. The molecule has 0 saturated carbocycles. The number of carbonyl (C=O) groups excluding carboxylic acids is 3. The van der Waals surface area contributed by atoms with Crippen LogP contribution in [0.15, 0.2) is 24.3 Å². The number of fused-ring (bicyclic) bond motifs is 1. The summed E-state index contributed by atoms with van der Waals surface area (Å²) in [7, 11) is 1.34. The molecule has 0 radical (unpaired) electrons. The van der Waals surface area contributed by atoms with Gasteiger partial charge in [-0.15, -0.1) is 0 Å². The zero-order valence-corrected chi connectivity index (χ0v) is 17.0. The maximum atomic E-state index is 12.3. The molecule has 1 unspecified atom stereocenters. The molecule has 29 heavy (non-hydrogen) atoms. The molecule has 1 aromatic heterocycles. The Kier molecular flexibility index (Phi) is 8.08. The predicted octanol–water partition coefficient (Wildman–Crippen LogP) is 1.81. The lowest BCUT2D eigenvalue weighted by atomic mass is 10.1. The number of anilines is 1. The number of esters is 1. The number of carboxylic acid groups (broad SMARTS) is 1. The average Bonchev–Trinajstić information content (AvgIpc) is 3.27. The number of para-hydroxylation sites is 1. The Bertz CT molecular complexity index is 860. The zero-order valence-electron chi connectivity index (χ0n) is 16.2. The fourth-order valence-electron chi connectivity index (χ4n) is 2.73. The van der Waals surface area contributed by atoms with Crippen molar-refractivity contribution >= 4 is 50.4 Å². The molecule has 1 saturated heterocycles. The van der Waals surface area contributed by atoms with E-state index in [9.17, 15) is 14.4 Å². The fourth-order valence-corrected chi connectivity index (χ4v) is 3.73. The van der Waals surface area contributed by atoms with Crippen LogP contribution in [0.3, 0.4) is 0 Å². The second-order valence-corrected chi connectivity index (χ2v) is 7.37. The highest BCUT2D eigenvalue weighted by molar-refractivity contribution is 7.22. The van der Waals surface area contributed by atoms with Crippen molar-refractivity contribution in [3.63, 3.8) is 0 Å². The lowest BCUT2D eigenvalue weighted by Gasteiger charge is -2.13. The standard InChI is InChI=1S/C17H19N3O4S.C2H4O2/c1-24-15(22)7-4-8-18-16(23)11-9-14(21)20(10-11)17-19-12-5-2-3-6-13(12)25-17;1-2(3)4/h2-3,5-6,11H,4,7-10H2,1H3,(H,18,23);1H3,(H,3,4). The smallest absolute Gasteiger partial charge is 0.305 e. The number of rotatable bonds is 6. The average molecular weight is 421 g/mol. The van der Waals surface area contributed by atoms with Crippen molar-refractivity contribution in [3.05, 3.63) is 24.3 Å². The first kappa shape index (κ1) is 22.3. The van der Waals surface area contributed by atoms with Gasteiger partial charge in [0.05, 0.1) is 23.2 Å². The fraction of sp³-hybridized carbons (Fsp3) is 0.421. The summed E-state index contributed by atoms with van der Waals surface area (Å²) in [6, 6.07) is 7.70. The molecular formula is C19H23N3O6S. The highest BCUT2D eigenvalue weighted by Crippen LogP contribution is 2.32. The van der Waals surface area contributed by atoms with Crippen molar-refractivity contribution in [2.24, 2.45) is 5.92 Å². The first-order valence-electron chi connectivity index (χ1n) is 9.01. The summed E-state index contributed by atoms with van der Waals surface area (Å²) in [4.78, 5) is 50.6. The van der Waals surface area contributed by atoms with Gasteiger partial charge in [-0.3, -0.25) is 24.1 Å². The van der Waals surface area contributed by atoms with E-state index in [1.807, 2.05) is 24.3 Å². The van der Waals surface area contributed by atoms with Gasteiger partial charge in [0.15, 0.2) is 5.13 Å². The number of nitrogens with zero attached hydrogens (tertiary/aromatic N) is 2. The molecular weight excluding hydrogens is 398 g/mol. The van der Waals surface area contributed by atoms with Gasteiger partial charge in [0.2, 0.25) is 11.8 Å². The molecule has 2 heterocycles. The monoisotopic (exact) mass is 421 g/mol. The third-order valence-electron chi connectivity index (χ3n) is 4.09. The number of methoxy groups -OCH3 is 1. The number of hydrogen-bond acceptors (Lipinski definition) is 7. The summed E-state index contributed by atoms with van der Waals surface area (Å²) in [5, 5.41) is 10.8. The molecule has 0 aliphatic carbocycles. The zero-order chi connectivity index (χ0) is 21.4. The van der Waals surface area contributed by atoms with Crippen LogP contribution >= 0.6 is 11.3 Å². The summed E-state index contributed by atoms with van der Waals surface area (Å²) in [6.07, 6.45) is 0.956. The van der Waals surface area contributed by atoms with E-state index in [0.29, 0.717) is 24.6 Å². The molecule has 1 atom stereocenters. The molecule has 1 aromatic carbocycles. The number of ether oxygens (including phenoxy) is 1. The number of aliphatic carboxylic acids is 1. The molecule has 0 spiro atoms. The van der Waals surface area contributed by atoms with Crippen LogP contribution in [0.25, 0.3) is 10.2 Å². The van der Waals surface area contributed by atoms with Gasteiger partial charge in [-0.2, -0.15) is 0 Å². The molecule has 2 amide bonds. The van der Waals surface area contributed by atoms with Crippen LogP contribution in [0.5, 0.6) is 0 Å². The van der Waals surface area contributed by atoms with Crippen LogP contribution < -0.4 is 10.2 Å². The lowest BCUT2D eigenvalue weighted by Crippen LogP contribution is -2.33. The number of thiazole rings is 1. The van der Waals surface area contributed by atoms with Crippen LogP contribution in [0, 0.1) is 5.92 Å². The summed E-state index contributed by atoms with van der Waals surface area (Å²) < 4.78 is 5.57. The number of benzene rings is 1. The number of nitrogens with one attached hydrogen (secondary N) is 1. The predicted molar refractivity (Wildman–Crippen MR) is 108 cm³/mol. The number of carboxylic acids is 1. The quantitative estimate of drug-likeness (QED) is 0.538. The molecule has 3 rings (SSSR count). The molecule has 1 aliphatic heterocycles. The highest BCUT2D eigenvalue weighted by atomic mass is 32.1. The van der Waals surface area contributed by atoms with E-state index in [1.165, 1.54) is 18.4 Å². The van der Waals surface area contributed by atoms with E-state index in [0.717, 1.165) is 17.1 Å². The Morgan fingerprint density at radius 2 is 2.03 bits per heavy atom. The summed E-state index contributed by atoms with van der Waals surface area (Å²) in [5.74, 6) is -1.78. The first-order valence-corrected chi connectivity index (χ1v) is 9.83. The van der Waals surface area contributed by atoms with E-state index in [4.69, 9.17) is 9.90 Å². The van der Waals surface area contributed by atoms with Gasteiger partial charge in [0, 0.05) is 32.9 Å². The molecule has 1 fully saturated rings. The molecule has 2 N–H and O–H groups in total. The third kappa shape index (κ3) is 6.53. The Balaban J connectivity index is 0.000000687. The minimum Gasteiger partial charge on any atom is -0.481 e. The van der Waals surface area contributed by atoms with Crippen molar-refractivity contribution in [1.29, 1.82) is 0 Å². The van der Waals surface area contributed by atoms with Crippen molar-refractivity contribution in [2.45, 2.75) is 26.2 Å². The highest BCUT2D eigenvalue weighted by Gasteiger charge is 2.36. The minimum absolute atomic E-state index is 0.0891. The van der Waals surface area contributed by atoms with Gasteiger partial charge in [-0.1, -0.05) is 23.5 Å². The van der Waals surface area contributed by atoms with E-state index in [1.54, 1.807) is 4.90 Å². The summed E-state index contributed by atoms with van der Waals surface area (Å²) in [5.41, 5.74) is 0.853. The van der Waals surface area contributed by atoms with Crippen LogP contribution in [0.2, 0.25) is 0 Å². The first-order chi connectivity index (χ1) is 13.8. The van der Waals surface area contributed by atoms with Crippen molar-refractivity contribution in [1.82, 2.24) is 10.3 Å². The lowest BCUT2D eigenvalue weighted by molar-refractivity contribution is -0.141. The Morgan fingerprint density at radius 3 is 2.69 bits per heavy atom. The second-order valence-electron chi connectivity index (χ2n) is 6.36. The van der Waals surface area contributed by atoms with Crippen LogP contribution in [0.1, 0.15) is 26.2 Å². The van der Waals surface area contributed by atoms with Crippen LogP contribution in [-0.2, 0) is 23.9 Å². The molecule has 0 bridgehead atoms. The van der Waals surface area contributed by atoms with E-state index >= 15 is 0 Å². The molecule has 1 aliphatic rings. The van der Waals surface area contributed by atoms with Crippen molar-refractivity contribution in [2.75, 3.05) is 25.1 Å². The van der Waals surface area contributed by atoms with Crippen molar-refractivity contribution < 1.29 is 29.0 Å². The van der Waals surface area contributed by atoms with E-state index < -0.39 is 11.9 Å². The largest absolute Gasteiger partial charge is 0.481 e. The third-order valence-corrected chi connectivity index (χ3v) is 5.15. The maximum Gasteiger partial charge on any atom is 0.305 e. The van der Waals surface area contributed by atoms with Gasteiger partial charge in [-0.05, 0) is 18.6 Å². The summed E-state index contributed by atoms with van der Waals surface area (Å²) >= 11 is 1.45. The molecule has 10 heteroatoms. The second kappa shape index (κ2) is 10.5. The van der Waals surface area contributed by atoms with Crippen LogP contribution in [-0.4, -0.2) is 54.0 Å². The van der Waals surface area contributed by atoms with Gasteiger partial charge >= 0.3 is 5.97 Å². The molecule has 2 aromatic rings. The Labute approximate surface area is 171 Å². The molecule has 9 nitrogen and oxygen atoms in total. The van der Waals surface area contributed by atoms with E-state index in [-0.39, 0.29) is 30.6 Å². The Hall–Kier alpha value is -3.01. The topological polar surface area (TPSA) is 126 Å². The molecule has 156 valence electrons. The summed E-state index contributed by atoms with van der Waals surface area (Å²) in [6.45, 7) is 1.81. The van der Waals surface area contributed by atoms with Gasteiger partial charge in [-0.25, -0.2) is 4.98 Å². The van der Waals surface area contributed by atoms with Gasteiger partial charge in [0.25, 0.3) is 5.97 Å². The normalized spacial score (nSPS) is 15.6. The van der Waals surface area contributed by atoms with Gasteiger partial charge < -0.3 is 15.2 Å². The number of carbonyl (C=O) groups is 4. The van der Waals surface area contributed by atoms with Gasteiger partial charge in [0.1, 0.15) is 0 Å². The van der Waals surface area contributed by atoms with E-state index in [2.05, 4.69) is 15.0 Å². The Morgan fingerprint density at radius 1 is 1.34 bits per heavy atom. The minimum atomic E-state index is -0.833. The van der Waals surface area contributed by atoms with Crippen molar-refractivity contribution in [3.8, 4) is 0 Å². The SMILES string of the molecule is CC(=O)O.COC(=O)CCCNC(=O)C1CC(=O)N(c2nc3ccccc3s2)C1. The number of hydrogen-bond donors (Lipinski definition) is 2. The van der Waals surface area contributed by atoms with Crippen LogP contribution in [0.4, 0.5) is 5.13 Å². The number of amides is 2.